The van der Waals surface area contributed by atoms with Gasteiger partial charge in [-0.1, -0.05) is 0 Å². The number of aliphatic hydroxyl groups is 1. The predicted octanol–water partition coefficient (Wildman–Crippen LogP) is 0.441. The van der Waals surface area contributed by atoms with Gasteiger partial charge in [0.05, 0.1) is 19.4 Å². The summed E-state index contributed by atoms with van der Waals surface area (Å²) in [4.78, 5) is 4.11. The maximum Gasteiger partial charge on any atom is 0.137 e. The summed E-state index contributed by atoms with van der Waals surface area (Å²) in [5.74, 6) is 0.738. The number of nitrogens with two attached hydrogens (primary N) is 1. The quantitative estimate of drug-likeness (QED) is 0.756. The zero-order chi connectivity index (χ0) is 10.9. The van der Waals surface area contributed by atoms with Crippen LogP contribution >= 0.6 is 0 Å². The minimum absolute atomic E-state index is 0.0963. The van der Waals surface area contributed by atoms with Gasteiger partial charge in [-0.05, 0) is 24.5 Å². The van der Waals surface area contributed by atoms with Crippen molar-refractivity contribution >= 4 is 0 Å². The molecular formula is C11H16N2O2. The van der Waals surface area contributed by atoms with Crippen LogP contribution in [0.4, 0.5) is 0 Å². The second kappa shape index (κ2) is 3.79. The number of methoxy groups -OCH3 is 1. The average molecular weight is 208 g/mol. The molecule has 15 heavy (non-hydrogen) atoms. The first kappa shape index (κ1) is 10.4. The lowest BCUT2D eigenvalue weighted by atomic mass is 9.63. The molecule has 0 radical (unpaired) electrons. The molecule has 1 aromatic rings. The van der Waals surface area contributed by atoms with Crippen molar-refractivity contribution in [2.75, 3.05) is 13.7 Å². The minimum atomic E-state index is -0.222. The molecule has 1 saturated carbocycles. The van der Waals surface area contributed by atoms with Crippen LogP contribution in [-0.4, -0.2) is 29.8 Å². The molecule has 0 unspecified atom stereocenters. The standard InChI is InChI=1S/C11H16N2O2/c1-15-10-2-8(5-13-6-10)11(7-12)3-9(14)4-11/h2,5-6,9,14H,3-4,7,12H2,1H3. The molecule has 2 rings (SSSR count). The van der Waals surface area contributed by atoms with Crippen molar-refractivity contribution in [2.45, 2.75) is 24.4 Å². The van der Waals surface area contributed by atoms with E-state index in [0.29, 0.717) is 6.54 Å². The Morgan fingerprint density at radius 3 is 2.87 bits per heavy atom. The molecule has 0 atom stereocenters. The third-order valence-corrected chi connectivity index (χ3v) is 3.20. The van der Waals surface area contributed by atoms with Crippen LogP contribution in [0.25, 0.3) is 0 Å². The van der Waals surface area contributed by atoms with E-state index in [1.165, 1.54) is 0 Å². The van der Waals surface area contributed by atoms with Gasteiger partial charge in [0.25, 0.3) is 0 Å². The highest BCUT2D eigenvalue weighted by molar-refractivity contribution is 5.33. The molecule has 0 aromatic carbocycles. The van der Waals surface area contributed by atoms with Crippen LogP contribution in [0.3, 0.4) is 0 Å². The Labute approximate surface area is 89.1 Å². The third kappa shape index (κ3) is 1.70. The fraction of sp³-hybridized carbons (Fsp3) is 0.545. The number of pyridine rings is 1. The Morgan fingerprint density at radius 2 is 2.33 bits per heavy atom. The first-order valence-electron chi connectivity index (χ1n) is 5.08. The summed E-state index contributed by atoms with van der Waals surface area (Å²) in [5.41, 5.74) is 6.74. The third-order valence-electron chi connectivity index (χ3n) is 3.20. The predicted molar refractivity (Wildman–Crippen MR) is 56.8 cm³/mol. The first-order valence-corrected chi connectivity index (χ1v) is 5.08. The summed E-state index contributed by atoms with van der Waals surface area (Å²) in [5, 5.41) is 9.40. The van der Waals surface area contributed by atoms with Gasteiger partial charge in [0.15, 0.2) is 0 Å². The molecular weight excluding hydrogens is 192 g/mol. The van der Waals surface area contributed by atoms with Crippen molar-refractivity contribution in [1.82, 2.24) is 4.98 Å². The van der Waals surface area contributed by atoms with E-state index in [1.54, 1.807) is 19.5 Å². The van der Waals surface area contributed by atoms with Crippen molar-refractivity contribution in [3.63, 3.8) is 0 Å². The van der Waals surface area contributed by atoms with Crippen LogP contribution in [0.15, 0.2) is 18.5 Å². The highest BCUT2D eigenvalue weighted by atomic mass is 16.5. The lowest BCUT2D eigenvalue weighted by Gasteiger charge is -2.45. The molecule has 1 aliphatic carbocycles. The van der Waals surface area contributed by atoms with E-state index in [4.69, 9.17) is 10.5 Å². The van der Waals surface area contributed by atoms with Crippen LogP contribution < -0.4 is 10.5 Å². The fourth-order valence-electron chi connectivity index (χ4n) is 2.18. The summed E-state index contributed by atoms with van der Waals surface area (Å²) in [7, 11) is 1.62. The van der Waals surface area contributed by atoms with Crippen molar-refractivity contribution < 1.29 is 9.84 Å². The monoisotopic (exact) mass is 208 g/mol. The van der Waals surface area contributed by atoms with Crippen molar-refractivity contribution in [1.29, 1.82) is 0 Å². The topological polar surface area (TPSA) is 68.4 Å². The Kier molecular flexibility index (Phi) is 2.63. The van der Waals surface area contributed by atoms with Crippen LogP contribution in [0.2, 0.25) is 0 Å². The first-order chi connectivity index (χ1) is 7.20. The van der Waals surface area contributed by atoms with E-state index in [0.717, 1.165) is 24.2 Å². The number of aromatic nitrogens is 1. The molecule has 0 spiro atoms. The molecule has 4 heteroatoms. The number of hydrogen-bond donors (Lipinski definition) is 2. The second-order valence-electron chi connectivity index (χ2n) is 4.16. The Hall–Kier alpha value is -1.13. The molecule has 0 saturated heterocycles. The second-order valence-corrected chi connectivity index (χ2v) is 4.16. The molecule has 0 aliphatic heterocycles. The number of rotatable bonds is 3. The van der Waals surface area contributed by atoms with Crippen molar-refractivity contribution in [3.05, 3.63) is 24.0 Å². The average Bonchev–Trinajstić information content (AvgIpc) is 2.24. The lowest BCUT2D eigenvalue weighted by molar-refractivity contribution is 0.0219. The zero-order valence-corrected chi connectivity index (χ0v) is 8.81. The minimum Gasteiger partial charge on any atom is -0.495 e. The van der Waals surface area contributed by atoms with Gasteiger partial charge in [0.2, 0.25) is 0 Å². The zero-order valence-electron chi connectivity index (χ0n) is 8.81. The van der Waals surface area contributed by atoms with Crippen LogP contribution in [0, 0.1) is 0 Å². The maximum absolute atomic E-state index is 9.40. The van der Waals surface area contributed by atoms with E-state index >= 15 is 0 Å². The highest BCUT2D eigenvalue weighted by Crippen LogP contribution is 2.43. The molecule has 1 fully saturated rings. The molecule has 0 amide bonds. The van der Waals surface area contributed by atoms with Gasteiger partial charge in [-0.2, -0.15) is 0 Å². The van der Waals surface area contributed by atoms with Gasteiger partial charge < -0.3 is 15.6 Å². The van der Waals surface area contributed by atoms with Crippen molar-refractivity contribution in [2.24, 2.45) is 5.73 Å². The molecule has 1 aromatic heterocycles. The number of ether oxygens (including phenoxy) is 1. The smallest absolute Gasteiger partial charge is 0.137 e. The van der Waals surface area contributed by atoms with Gasteiger partial charge in [-0.25, -0.2) is 0 Å². The molecule has 0 bridgehead atoms. The molecule has 82 valence electrons. The van der Waals surface area contributed by atoms with Gasteiger partial charge in [-0.15, -0.1) is 0 Å². The Morgan fingerprint density at radius 1 is 1.60 bits per heavy atom. The van der Waals surface area contributed by atoms with Gasteiger partial charge >= 0.3 is 0 Å². The van der Waals surface area contributed by atoms with Gasteiger partial charge in [0, 0.05) is 18.2 Å². The van der Waals surface area contributed by atoms with E-state index < -0.39 is 0 Å². The summed E-state index contributed by atoms with van der Waals surface area (Å²) in [6, 6.07) is 1.95. The SMILES string of the molecule is COc1cncc(C2(CN)CC(O)C2)c1. The van der Waals surface area contributed by atoms with Crippen LogP contribution in [0.5, 0.6) is 5.75 Å². The van der Waals surface area contributed by atoms with E-state index in [9.17, 15) is 5.11 Å². The van der Waals surface area contributed by atoms with E-state index in [-0.39, 0.29) is 11.5 Å². The lowest BCUT2D eigenvalue weighted by Crippen LogP contribution is -2.49. The van der Waals surface area contributed by atoms with Crippen LogP contribution in [0.1, 0.15) is 18.4 Å². The maximum atomic E-state index is 9.40. The summed E-state index contributed by atoms with van der Waals surface area (Å²) < 4.78 is 5.12. The normalized spacial score (nSPS) is 29.7. The summed E-state index contributed by atoms with van der Waals surface area (Å²) in [6.45, 7) is 0.541. The highest BCUT2D eigenvalue weighted by Gasteiger charge is 2.44. The molecule has 1 heterocycles. The largest absolute Gasteiger partial charge is 0.495 e. The van der Waals surface area contributed by atoms with E-state index in [1.807, 2.05) is 6.07 Å². The number of aliphatic hydroxyl groups excluding tert-OH is 1. The Bertz CT molecular complexity index is 348. The fourth-order valence-corrected chi connectivity index (χ4v) is 2.18. The number of nitrogens with zero attached hydrogens (tertiary/aromatic N) is 1. The van der Waals surface area contributed by atoms with Gasteiger partial charge in [-0.3, -0.25) is 4.98 Å². The summed E-state index contributed by atoms with van der Waals surface area (Å²) in [6.07, 6.45) is 4.69. The molecule has 3 N–H and O–H groups in total. The van der Waals surface area contributed by atoms with Crippen LogP contribution in [-0.2, 0) is 5.41 Å². The van der Waals surface area contributed by atoms with Gasteiger partial charge in [0.1, 0.15) is 5.75 Å². The Balaban J connectivity index is 2.27. The number of hydrogen-bond acceptors (Lipinski definition) is 4. The summed E-state index contributed by atoms with van der Waals surface area (Å²) >= 11 is 0. The van der Waals surface area contributed by atoms with E-state index in [2.05, 4.69) is 4.98 Å². The van der Waals surface area contributed by atoms with Crippen molar-refractivity contribution in [3.8, 4) is 5.75 Å². The molecule has 1 aliphatic rings. The molecule has 4 nitrogen and oxygen atoms in total.